The summed E-state index contributed by atoms with van der Waals surface area (Å²) in [5.41, 5.74) is 9.08. The molecule has 0 spiro atoms. The number of anilines is 2. The minimum Gasteiger partial charge on any atom is -0.536 e. The van der Waals surface area contributed by atoms with Crippen LogP contribution < -0.4 is 14.9 Å². The predicted octanol–water partition coefficient (Wildman–Crippen LogP) is 7.29. The van der Waals surface area contributed by atoms with E-state index in [9.17, 15) is 0 Å². The lowest BCUT2D eigenvalue weighted by Gasteiger charge is -2.29. The van der Waals surface area contributed by atoms with Gasteiger partial charge in [-0.1, -0.05) is 77.9 Å². The van der Waals surface area contributed by atoms with Gasteiger partial charge in [0, 0.05) is 5.69 Å². The fraction of sp³-hybridized carbons (Fsp3) is 0.357. The summed E-state index contributed by atoms with van der Waals surface area (Å²) in [7, 11) is -0.171. The molecule has 0 aromatic heterocycles. The molecule has 0 atom stereocenters. The average molecular weight is 411 g/mol. The number of rotatable bonds is 5. The van der Waals surface area contributed by atoms with Crippen LogP contribution in [0.4, 0.5) is 11.4 Å². The first-order valence-electron chi connectivity index (χ1n) is 11.6. The lowest BCUT2D eigenvalue weighted by molar-refractivity contribution is 0.601. The Labute approximate surface area is 188 Å². The largest absolute Gasteiger partial charge is 0.536 e. The van der Waals surface area contributed by atoms with Crippen molar-refractivity contribution < 1.29 is 4.65 Å². The standard InChI is InChI=1S/C28H34BNO/c1-18(2)22-16-24(19(3)4)28(25(17-22)20(5)6)29-30(23-11-9-8-10-12-23)26-15-21(7)13-14-27(26)31-29/h8-20H,1-7H3. The SMILES string of the molecule is Cc1ccc2c(c1)N(c1ccccc1)B(c1c(C(C)C)cc(C(C)C)cc1C(C)C)O2. The van der Waals surface area contributed by atoms with Gasteiger partial charge in [-0.15, -0.1) is 0 Å². The molecule has 3 aromatic rings. The summed E-state index contributed by atoms with van der Waals surface area (Å²) in [4.78, 5) is 2.38. The molecule has 31 heavy (non-hydrogen) atoms. The third kappa shape index (κ3) is 3.98. The van der Waals surface area contributed by atoms with Crippen molar-refractivity contribution >= 4 is 23.9 Å². The van der Waals surface area contributed by atoms with E-state index in [4.69, 9.17) is 4.65 Å². The molecule has 1 heterocycles. The second-order valence-electron chi connectivity index (χ2n) is 9.72. The molecule has 0 unspecified atom stereocenters. The Morgan fingerprint density at radius 1 is 0.742 bits per heavy atom. The van der Waals surface area contributed by atoms with Crippen LogP contribution in [0.15, 0.2) is 60.7 Å². The van der Waals surface area contributed by atoms with Crippen molar-refractivity contribution in [3.63, 3.8) is 0 Å². The molecule has 0 radical (unpaired) electrons. The Kier molecular flexibility index (Phi) is 5.88. The van der Waals surface area contributed by atoms with Gasteiger partial charge >= 0.3 is 7.05 Å². The Morgan fingerprint density at radius 3 is 1.90 bits per heavy atom. The highest BCUT2D eigenvalue weighted by Crippen LogP contribution is 2.42. The summed E-state index contributed by atoms with van der Waals surface area (Å²) >= 11 is 0. The van der Waals surface area contributed by atoms with Crippen molar-refractivity contribution in [2.24, 2.45) is 0 Å². The van der Waals surface area contributed by atoms with Crippen LogP contribution >= 0.6 is 0 Å². The van der Waals surface area contributed by atoms with Gasteiger partial charge in [-0.2, -0.15) is 0 Å². The van der Waals surface area contributed by atoms with Gasteiger partial charge < -0.3 is 9.47 Å². The fourth-order valence-corrected chi connectivity index (χ4v) is 4.56. The van der Waals surface area contributed by atoms with Gasteiger partial charge in [0.05, 0.1) is 5.69 Å². The van der Waals surface area contributed by atoms with E-state index >= 15 is 0 Å². The maximum atomic E-state index is 6.72. The first-order valence-corrected chi connectivity index (χ1v) is 11.6. The topological polar surface area (TPSA) is 12.5 Å². The maximum Gasteiger partial charge on any atom is 0.524 e. The first-order chi connectivity index (χ1) is 14.8. The van der Waals surface area contributed by atoms with E-state index in [0.717, 1.165) is 17.1 Å². The van der Waals surface area contributed by atoms with E-state index in [1.165, 1.54) is 27.7 Å². The second kappa shape index (κ2) is 8.46. The highest BCUT2D eigenvalue weighted by atomic mass is 16.5. The molecule has 0 N–H and O–H groups in total. The highest BCUT2D eigenvalue weighted by Gasteiger charge is 2.43. The van der Waals surface area contributed by atoms with Crippen LogP contribution in [-0.2, 0) is 0 Å². The minimum atomic E-state index is -0.171. The molecular weight excluding hydrogens is 377 g/mol. The van der Waals surface area contributed by atoms with Gasteiger partial charge in [0.15, 0.2) is 0 Å². The zero-order valence-electron chi connectivity index (χ0n) is 19.9. The van der Waals surface area contributed by atoms with Crippen LogP contribution in [-0.4, -0.2) is 7.05 Å². The summed E-state index contributed by atoms with van der Waals surface area (Å²) in [6, 6.07) is 22.0. The lowest BCUT2D eigenvalue weighted by atomic mass is 9.63. The number of fused-ring (bicyclic) bond motifs is 1. The summed E-state index contributed by atoms with van der Waals surface area (Å²) in [5, 5.41) is 0. The first kappa shape index (κ1) is 21.6. The zero-order valence-corrected chi connectivity index (χ0v) is 19.9. The third-order valence-corrected chi connectivity index (χ3v) is 6.31. The van der Waals surface area contributed by atoms with Gasteiger partial charge in [-0.25, -0.2) is 0 Å². The van der Waals surface area contributed by atoms with E-state index in [1.807, 2.05) is 0 Å². The Bertz CT molecular complexity index is 1040. The molecule has 3 aromatic carbocycles. The summed E-state index contributed by atoms with van der Waals surface area (Å²) in [6.07, 6.45) is 0. The van der Waals surface area contributed by atoms with Crippen LogP contribution in [0.1, 0.15) is 81.5 Å². The molecule has 0 aliphatic carbocycles. The van der Waals surface area contributed by atoms with Crippen LogP contribution in [0.3, 0.4) is 0 Å². The van der Waals surface area contributed by atoms with Crippen molar-refractivity contribution in [1.82, 2.24) is 0 Å². The number of hydrogen-bond acceptors (Lipinski definition) is 2. The van der Waals surface area contributed by atoms with Crippen LogP contribution in [0.2, 0.25) is 0 Å². The monoisotopic (exact) mass is 411 g/mol. The van der Waals surface area contributed by atoms with Crippen LogP contribution in [0.25, 0.3) is 0 Å². The second-order valence-corrected chi connectivity index (χ2v) is 9.72. The van der Waals surface area contributed by atoms with Gasteiger partial charge in [-0.05, 0) is 76.7 Å². The summed E-state index contributed by atoms with van der Waals surface area (Å²) < 4.78 is 6.72. The smallest absolute Gasteiger partial charge is 0.524 e. The van der Waals surface area contributed by atoms with E-state index in [-0.39, 0.29) is 7.05 Å². The predicted molar refractivity (Wildman–Crippen MR) is 134 cm³/mol. The van der Waals surface area contributed by atoms with Gasteiger partial charge in [0.25, 0.3) is 0 Å². The molecule has 160 valence electrons. The molecule has 1 aliphatic heterocycles. The molecular formula is C28H34BNO. The molecule has 0 saturated heterocycles. The molecule has 0 bridgehead atoms. The molecule has 0 fully saturated rings. The molecule has 0 saturated carbocycles. The molecule has 1 aliphatic rings. The summed E-state index contributed by atoms with van der Waals surface area (Å²) in [6.45, 7) is 15.9. The molecule has 2 nitrogen and oxygen atoms in total. The van der Waals surface area contributed by atoms with Crippen LogP contribution in [0, 0.1) is 6.92 Å². The quantitative estimate of drug-likeness (QED) is 0.409. The number of aryl methyl sites for hydroxylation is 1. The van der Waals surface area contributed by atoms with Gasteiger partial charge in [0.1, 0.15) is 5.75 Å². The number of benzene rings is 3. The Balaban J connectivity index is 1.98. The van der Waals surface area contributed by atoms with E-state index in [0.29, 0.717) is 17.8 Å². The fourth-order valence-electron chi connectivity index (χ4n) is 4.56. The van der Waals surface area contributed by atoms with Crippen molar-refractivity contribution in [3.8, 4) is 5.75 Å². The number of nitrogens with zero attached hydrogens (tertiary/aromatic N) is 1. The number of hydrogen-bond donors (Lipinski definition) is 0. The average Bonchev–Trinajstić information content (AvgIpc) is 3.11. The van der Waals surface area contributed by atoms with Crippen molar-refractivity contribution in [3.05, 3.63) is 82.9 Å². The highest BCUT2D eigenvalue weighted by molar-refractivity contribution is 6.75. The maximum absolute atomic E-state index is 6.72. The van der Waals surface area contributed by atoms with Crippen molar-refractivity contribution in [1.29, 1.82) is 0 Å². The minimum absolute atomic E-state index is 0.171. The molecule has 4 rings (SSSR count). The van der Waals surface area contributed by atoms with E-state index in [2.05, 4.69) is 114 Å². The van der Waals surface area contributed by atoms with Gasteiger partial charge in [0.2, 0.25) is 0 Å². The van der Waals surface area contributed by atoms with E-state index < -0.39 is 0 Å². The normalized spacial score (nSPS) is 13.4. The number of para-hydroxylation sites is 1. The van der Waals surface area contributed by atoms with E-state index in [1.54, 1.807) is 0 Å². The molecule has 0 amide bonds. The van der Waals surface area contributed by atoms with Crippen LogP contribution in [0.5, 0.6) is 5.75 Å². The molecule has 3 heteroatoms. The zero-order chi connectivity index (χ0) is 22.3. The Hall–Kier alpha value is -2.68. The van der Waals surface area contributed by atoms with Crippen molar-refractivity contribution in [2.75, 3.05) is 4.81 Å². The summed E-state index contributed by atoms with van der Waals surface area (Å²) in [5.74, 6) is 2.28. The Morgan fingerprint density at radius 2 is 1.35 bits per heavy atom. The third-order valence-electron chi connectivity index (χ3n) is 6.31. The lowest BCUT2D eigenvalue weighted by Crippen LogP contribution is -2.50. The van der Waals surface area contributed by atoms with Crippen molar-refractivity contribution in [2.45, 2.75) is 66.2 Å². The van der Waals surface area contributed by atoms with Gasteiger partial charge in [-0.3, -0.25) is 0 Å².